The van der Waals surface area contributed by atoms with Gasteiger partial charge in [-0.2, -0.15) is 9.40 Å². The fourth-order valence-electron chi connectivity index (χ4n) is 2.89. The Hall–Kier alpha value is -1.80. The van der Waals surface area contributed by atoms with Gasteiger partial charge in [0.1, 0.15) is 4.90 Å². The van der Waals surface area contributed by atoms with E-state index >= 15 is 0 Å². The molecule has 22 heavy (non-hydrogen) atoms. The van der Waals surface area contributed by atoms with Gasteiger partial charge in [-0.15, -0.1) is 0 Å². The molecule has 0 unspecified atom stereocenters. The highest BCUT2D eigenvalue weighted by Crippen LogP contribution is 2.29. The highest BCUT2D eigenvalue weighted by atomic mass is 32.2. The van der Waals surface area contributed by atoms with Gasteiger partial charge in [-0.1, -0.05) is 0 Å². The quantitative estimate of drug-likeness (QED) is 0.845. The third kappa shape index (κ3) is 2.76. The number of piperidine rings is 1. The summed E-state index contributed by atoms with van der Waals surface area (Å²) in [6.07, 6.45) is 8.30. The lowest BCUT2D eigenvalue weighted by atomic mass is 9.96. The van der Waals surface area contributed by atoms with Crippen LogP contribution in [0.5, 0.6) is 0 Å². The normalized spacial score (nSPS) is 20.2. The Bertz CT molecular complexity index is 757. The molecule has 118 valence electrons. The monoisotopic (exact) mass is 321 g/mol. The zero-order valence-corrected chi connectivity index (χ0v) is 13.5. The summed E-state index contributed by atoms with van der Waals surface area (Å²) >= 11 is 0. The van der Waals surface area contributed by atoms with Crippen LogP contribution in [-0.2, 0) is 17.1 Å². The molecular weight excluding hydrogens is 302 g/mol. The van der Waals surface area contributed by atoms with E-state index in [1.54, 1.807) is 43.1 Å². The van der Waals surface area contributed by atoms with Crippen molar-refractivity contribution in [1.82, 2.24) is 24.1 Å². The molecule has 0 amide bonds. The molecule has 0 saturated carbocycles. The summed E-state index contributed by atoms with van der Waals surface area (Å²) in [5, 5.41) is 4.14. The van der Waals surface area contributed by atoms with Gasteiger partial charge in [0.15, 0.2) is 0 Å². The largest absolute Gasteiger partial charge is 0.274 e. The number of hydrogen-bond donors (Lipinski definition) is 0. The van der Waals surface area contributed by atoms with Gasteiger partial charge in [0.2, 0.25) is 10.0 Å². The highest BCUT2D eigenvalue weighted by molar-refractivity contribution is 7.89. The molecule has 1 saturated heterocycles. The molecule has 7 nitrogen and oxygen atoms in total. The highest BCUT2D eigenvalue weighted by Gasteiger charge is 2.33. The fraction of sp³-hybridized carbons (Fsp3) is 0.500. The van der Waals surface area contributed by atoms with Crippen LogP contribution in [0, 0.1) is 6.92 Å². The maximum atomic E-state index is 12.8. The first-order valence-electron chi connectivity index (χ1n) is 7.25. The minimum atomic E-state index is -3.51. The third-order valence-electron chi connectivity index (χ3n) is 3.97. The van der Waals surface area contributed by atoms with Crippen LogP contribution < -0.4 is 0 Å². The second-order valence-corrected chi connectivity index (χ2v) is 7.49. The Balaban J connectivity index is 1.87. The van der Waals surface area contributed by atoms with E-state index in [1.807, 2.05) is 0 Å². The molecule has 2 aromatic rings. The maximum absolute atomic E-state index is 12.8. The molecule has 1 fully saturated rings. The lowest BCUT2D eigenvalue weighted by molar-refractivity contribution is 0.312. The zero-order chi connectivity index (χ0) is 15.7. The Morgan fingerprint density at radius 3 is 2.77 bits per heavy atom. The van der Waals surface area contributed by atoms with Crippen molar-refractivity contribution < 1.29 is 8.42 Å². The molecule has 1 atom stereocenters. The third-order valence-corrected chi connectivity index (χ3v) is 5.94. The summed E-state index contributed by atoms with van der Waals surface area (Å²) in [5.41, 5.74) is 1.38. The zero-order valence-electron chi connectivity index (χ0n) is 12.7. The van der Waals surface area contributed by atoms with Crippen molar-refractivity contribution in [3.05, 3.63) is 36.2 Å². The van der Waals surface area contributed by atoms with Gasteiger partial charge >= 0.3 is 0 Å². The summed E-state index contributed by atoms with van der Waals surface area (Å²) < 4.78 is 28.7. The topological polar surface area (TPSA) is 81.0 Å². The van der Waals surface area contributed by atoms with E-state index in [1.165, 1.54) is 4.68 Å². The smallest absolute Gasteiger partial charge is 0.246 e. The summed E-state index contributed by atoms with van der Waals surface area (Å²) in [5.74, 6) is 0.0919. The second kappa shape index (κ2) is 5.77. The van der Waals surface area contributed by atoms with Gasteiger partial charge in [-0.05, 0) is 19.8 Å². The van der Waals surface area contributed by atoms with Gasteiger partial charge in [0.25, 0.3) is 0 Å². The fourth-order valence-corrected chi connectivity index (χ4v) is 4.62. The van der Waals surface area contributed by atoms with Crippen LogP contribution in [0.2, 0.25) is 0 Å². The number of rotatable bonds is 3. The van der Waals surface area contributed by atoms with Crippen molar-refractivity contribution >= 4 is 10.0 Å². The lowest BCUT2D eigenvalue weighted by Gasteiger charge is -2.31. The Morgan fingerprint density at radius 1 is 1.32 bits per heavy atom. The molecule has 2 aromatic heterocycles. The van der Waals surface area contributed by atoms with Crippen molar-refractivity contribution in [3.8, 4) is 0 Å². The molecule has 0 spiro atoms. The summed E-state index contributed by atoms with van der Waals surface area (Å²) in [6, 6.07) is 0. The van der Waals surface area contributed by atoms with Crippen molar-refractivity contribution in [1.29, 1.82) is 0 Å². The van der Waals surface area contributed by atoms with Crippen LogP contribution in [0.25, 0.3) is 0 Å². The van der Waals surface area contributed by atoms with Gasteiger partial charge in [0, 0.05) is 50.8 Å². The van der Waals surface area contributed by atoms with E-state index in [4.69, 9.17) is 0 Å². The average molecular weight is 321 g/mol. The molecule has 3 heterocycles. The SMILES string of the molecule is Cc1nn(C)cc1S(=O)(=O)N1CCC[C@@H](c2cnccn2)C1. The van der Waals surface area contributed by atoms with Gasteiger partial charge in [0.05, 0.1) is 11.4 Å². The first-order chi connectivity index (χ1) is 10.5. The van der Waals surface area contributed by atoms with Crippen LogP contribution in [0.3, 0.4) is 0 Å². The molecule has 1 aliphatic heterocycles. The van der Waals surface area contributed by atoms with Gasteiger partial charge in [-0.25, -0.2) is 8.42 Å². The van der Waals surface area contributed by atoms with Crippen molar-refractivity contribution in [3.63, 3.8) is 0 Å². The van der Waals surface area contributed by atoms with Crippen LogP contribution >= 0.6 is 0 Å². The molecule has 0 bridgehead atoms. The van der Waals surface area contributed by atoms with Crippen LogP contribution in [0.4, 0.5) is 0 Å². The van der Waals surface area contributed by atoms with Crippen molar-refractivity contribution in [2.75, 3.05) is 13.1 Å². The first-order valence-corrected chi connectivity index (χ1v) is 8.69. The number of nitrogens with zero attached hydrogens (tertiary/aromatic N) is 5. The number of aryl methyl sites for hydroxylation is 2. The van der Waals surface area contributed by atoms with Crippen molar-refractivity contribution in [2.24, 2.45) is 7.05 Å². The molecule has 0 aromatic carbocycles. The predicted molar refractivity (Wildman–Crippen MR) is 80.7 cm³/mol. The molecular formula is C14H19N5O2S. The number of aromatic nitrogens is 4. The Kier molecular flexibility index (Phi) is 3.96. The maximum Gasteiger partial charge on any atom is 0.246 e. The van der Waals surface area contributed by atoms with Crippen molar-refractivity contribution in [2.45, 2.75) is 30.6 Å². The molecule has 8 heteroatoms. The van der Waals surface area contributed by atoms with E-state index in [-0.39, 0.29) is 10.8 Å². The lowest BCUT2D eigenvalue weighted by Crippen LogP contribution is -2.39. The molecule has 3 rings (SSSR count). The summed E-state index contributed by atoms with van der Waals surface area (Å²) in [6.45, 7) is 2.69. The molecule has 1 aliphatic rings. The minimum Gasteiger partial charge on any atom is -0.274 e. The van der Waals surface area contributed by atoms with Gasteiger partial charge in [-0.3, -0.25) is 14.6 Å². The molecule has 0 aliphatic carbocycles. The average Bonchev–Trinajstić information content (AvgIpc) is 2.88. The number of sulfonamides is 1. The summed E-state index contributed by atoms with van der Waals surface area (Å²) in [4.78, 5) is 8.68. The first kappa shape index (κ1) is 15.1. The van der Waals surface area contributed by atoms with Crippen LogP contribution in [-0.4, -0.2) is 45.6 Å². The number of hydrogen-bond acceptors (Lipinski definition) is 5. The van der Waals surface area contributed by atoms with Gasteiger partial charge < -0.3 is 0 Å². The minimum absolute atomic E-state index is 0.0919. The van der Waals surface area contributed by atoms with E-state index in [0.717, 1.165) is 18.5 Å². The Morgan fingerprint density at radius 2 is 2.14 bits per heavy atom. The molecule has 0 radical (unpaired) electrons. The van der Waals surface area contributed by atoms with E-state index in [9.17, 15) is 8.42 Å². The van der Waals surface area contributed by atoms with E-state index < -0.39 is 10.0 Å². The Labute approximate surface area is 130 Å². The van der Waals surface area contributed by atoms with E-state index in [2.05, 4.69) is 15.1 Å². The van der Waals surface area contributed by atoms with Crippen LogP contribution in [0.1, 0.15) is 30.1 Å². The van der Waals surface area contributed by atoms with Crippen LogP contribution in [0.15, 0.2) is 29.7 Å². The summed E-state index contributed by atoms with van der Waals surface area (Å²) in [7, 11) is -1.78. The predicted octanol–water partition coefficient (Wildman–Crippen LogP) is 1.09. The van der Waals surface area contributed by atoms with E-state index in [0.29, 0.717) is 18.8 Å². The standard InChI is InChI=1S/C14H19N5O2S/c1-11-14(10-18(2)17-11)22(20,21)19-7-3-4-12(9-19)13-8-15-5-6-16-13/h5-6,8,10,12H,3-4,7,9H2,1-2H3/t12-/m1/s1. The second-order valence-electron chi connectivity index (χ2n) is 5.58. The molecule has 0 N–H and O–H groups in total.